The monoisotopic (exact) mass is 654 g/mol. The van der Waals surface area contributed by atoms with Gasteiger partial charge in [0.25, 0.3) is 36.0 Å². The average molecular weight is 655 g/mol. The maximum atomic E-state index is 13.3. The molecule has 1 aromatic rings. The number of hydrogen-bond donors (Lipinski definition) is 2. The predicted molar refractivity (Wildman–Crippen MR) is 146 cm³/mol. The fourth-order valence-electron chi connectivity index (χ4n) is 3.37. The minimum absolute atomic E-state index is 0.0464. The van der Waals surface area contributed by atoms with Gasteiger partial charge in [0, 0.05) is 57.9 Å². The van der Waals surface area contributed by atoms with Crippen molar-refractivity contribution in [2.75, 3.05) is 88.4 Å². The lowest BCUT2D eigenvalue weighted by molar-refractivity contribution is -0.385. The number of nitrogens with one attached hydrogen (secondary N) is 1. The van der Waals surface area contributed by atoms with Gasteiger partial charge in [-0.1, -0.05) is 0 Å². The number of sulfone groups is 1. The first-order valence-corrected chi connectivity index (χ1v) is 18.6. The zero-order valence-electron chi connectivity index (χ0n) is 22.1. The molecule has 17 nitrogen and oxygen atoms in total. The number of piperazine rings is 1. The highest BCUT2D eigenvalue weighted by molar-refractivity contribution is 7.91. The summed E-state index contributed by atoms with van der Waals surface area (Å²) in [7, 11) is -15.3. The van der Waals surface area contributed by atoms with Gasteiger partial charge in [0.15, 0.2) is 9.84 Å². The molecule has 1 aliphatic heterocycles. The Bertz CT molecular complexity index is 1380. The van der Waals surface area contributed by atoms with E-state index in [0.717, 1.165) is 37.7 Å². The molecule has 1 heterocycles. The van der Waals surface area contributed by atoms with Crippen LogP contribution in [0.1, 0.15) is 0 Å². The molecule has 0 unspecified atom stereocenters. The van der Waals surface area contributed by atoms with Crippen LogP contribution in [0.15, 0.2) is 23.1 Å². The van der Waals surface area contributed by atoms with E-state index in [4.69, 9.17) is 12.9 Å². The summed E-state index contributed by atoms with van der Waals surface area (Å²) in [5.74, 6) is -0.297. The molecule has 2 N–H and O–H groups in total. The fourth-order valence-corrected chi connectivity index (χ4v) is 5.66. The molecule has 1 aromatic carbocycles. The third kappa shape index (κ3) is 15.7. The topological polar surface area (TPSA) is 237 Å². The Kier molecular flexibility index (Phi) is 13.8. The molecule has 0 bridgehead atoms. The number of rotatable bonds is 14. The van der Waals surface area contributed by atoms with Crippen LogP contribution in [0.4, 0.5) is 11.4 Å². The lowest BCUT2D eigenvalue weighted by Gasteiger charge is -2.28. The van der Waals surface area contributed by atoms with E-state index in [1.54, 1.807) is 0 Å². The van der Waals surface area contributed by atoms with Gasteiger partial charge >= 0.3 is 0 Å². The van der Waals surface area contributed by atoms with E-state index in [-0.39, 0.29) is 49.2 Å². The Hall–Kier alpha value is -1.98. The standard InChI is InChI=1S/C18H30N4O10S3.CH4O3S/c1-33(25,26)31-12-9-21(10-13-32-34(2,27)28)17-4-3-16(22(23)24)15-18(17)35(29,30)14-11-20-7-5-19-6-8-20;1-5(2,3)4/h3-4,15,19H,5-14H2,1-2H3;1H3,(H,2,3,4). The van der Waals surface area contributed by atoms with E-state index in [0.29, 0.717) is 19.3 Å². The second kappa shape index (κ2) is 15.3. The molecule has 21 heteroatoms. The van der Waals surface area contributed by atoms with E-state index in [1.807, 2.05) is 4.90 Å². The SMILES string of the molecule is CS(=O)(=O)O.CS(=O)(=O)OCCN(CCOS(C)(=O)=O)c1ccc([N+](=O)[O-])cc1S(=O)(=O)CCN1CCNCC1. The molecule has 232 valence electrons. The van der Waals surface area contributed by atoms with Crippen LogP contribution in [0.25, 0.3) is 0 Å². The minimum Gasteiger partial charge on any atom is -0.366 e. The normalized spacial score (nSPS) is 15.2. The van der Waals surface area contributed by atoms with E-state index in [2.05, 4.69) is 5.32 Å². The number of nitro groups is 1. The number of anilines is 1. The molecular weight excluding hydrogens is 620 g/mol. The number of nitrogens with zero attached hydrogens (tertiary/aromatic N) is 3. The van der Waals surface area contributed by atoms with Gasteiger partial charge < -0.3 is 10.2 Å². The predicted octanol–water partition coefficient (Wildman–Crippen LogP) is -1.46. The van der Waals surface area contributed by atoms with Crippen LogP contribution in [0.2, 0.25) is 0 Å². The summed E-state index contributed by atoms with van der Waals surface area (Å²) < 4.78 is 107. The summed E-state index contributed by atoms with van der Waals surface area (Å²) >= 11 is 0. The van der Waals surface area contributed by atoms with Crippen molar-refractivity contribution >= 4 is 51.6 Å². The van der Waals surface area contributed by atoms with Crippen LogP contribution in [0.5, 0.6) is 0 Å². The minimum atomic E-state index is -4.02. The molecule has 0 spiro atoms. The smallest absolute Gasteiger partial charge is 0.270 e. The third-order valence-corrected chi connectivity index (χ3v) is 7.94. The van der Waals surface area contributed by atoms with E-state index in [1.165, 1.54) is 11.0 Å². The molecule has 40 heavy (non-hydrogen) atoms. The molecule has 0 saturated carbocycles. The Morgan fingerprint density at radius 3 is 1.85 bits per heavy atom. The molecule has 0 aromatic heterocycles. The largest absolute Gasteiger partial charge is 0.366 e. The molecule has 0 amide bonds. The lowest BCUT2D eigenvalue weighted by Crippen LogP contribution is -2.45. The van der Waals surface area contributed by atoms with Crippen LogP contribution >= 0.6 is 0 Å². The van der Waals surface area contributed by atoms with Crippen LogP contribution in [0, 0.1) is 10.1 Å². The summed E-state index contributed by atoms with van der Waals surface area (Å²) in [6.07, 6.45) is 2.41. The van der Waals surface area contributed by atoms with Crippen molar-refractivity contribution in [2.45, 2.75) is 4.90 Å². The van der Waals surface area contributed by atoms with Gasteiger partial charge in [-0.05, 0) is 6.07 Å². The van der Waals surface area contributed by atoms with Gasteiger partial charge in [0.05, 0.1) is 53.2 Å². The highest BCUT2D eigenvalue weighted by atomic mass is 32.2. The van der Waals surface area contributed by atoms with Gasteiger partial charge in [-0.25, -0.2) is 8.42 Å². The Morgan fingerprint density at radius 2 is 1.43 bits per heavy atom. The first-order chi connectivity index (χ1) is 18.2. The zero-order valence-corrected chi connectivity index (χ0v) is 25.4. The Balaban J connectivity index is 0.00000146. The quantitative estimate of drug-likeness (QED) is 0.101. The molecular formula is C19H34N4O13S4. The van der Waals surface area contributed by atoms with Crippen LogP contribution in [-0.2, 0) is 48.6 Å². The van der Waals surface area contributed by atoms with Crippen molar-refractivity contribution in [1.29, 1.82) is 0 Å². The molecule has 1 saturated heterocycles. The lowest BCUT2D eigenvalue weighted by atomic mass is 10.2. The summed E-state index contributed by atoms with van der Waals surface area (Å²) in [5, 5.41) is 14.5. The maximum absolute atomic E-state index is 13.3. The number of hydrogen-bond acceptors (Lipinski definition) is 15. The molecule has 2 rings (SSSR count). The van der Waals surface area contributed by atoms with Gasteiger partial charge in [-0.2, -0.15) is 25.3 Å². The van der Waals surface area contributed by atoms with Gasteiger partial charge in [-0.15, -0.1) is 0 Å². The van der Waals surface area contributed by atoms with E-state index < -0.39 is 50.8 Å². The van der Waals surface area contributed by atoms with Crippen molar-refractivity contribution in [2.24, 2.45) is 0 Å². The second-order valence-corrected chi connectivity index (χ2v) is 15.4. The van der Waals surface area contributed by atoms with Crippen LogP contribution < -0.4 is 10.2 Å². The number of non-ortho nitro benzene ring substituents is 1. The fraction of sp³-hybridized carbons (Fsp3) is 0.684. The highest BCUT2D eigenvalue weighted by Crippen LogP contribution is 2.30. The highest BCUT2D eigenvalue weighted by Gasteiger charge is 2.26. The summed E-state index contributed by atoms with van der Waals surface area (Å²) in [4.78, 5) is 13.6. The molecule has 0 aliphatic carbocycles. The summed E-state index contributed by atoms with van der Waals surface area (Å²) in [6, 6.07) is 3.30. The summed E-state index contributed by atoms with van der Waals surface area (Å²) in [6.45, 7) is 1.94. The second-order valence-electron chi connectivity index (χ2n) is 8.59. The van der Waals surface area contributed by atoms with Crippen molar-refractivity contribution in [3.8, 4) is 0 Å². The van der Waals surface area contributed by atoms with Gasteiger partial charge in [-0.3, -0.25) is 27.9 Å². The molecule has 1 aliphatic rings. The van der Waals surface area contributed by atoms with Crippen LogP contribution in [-0.4, -0.2) is 132 Å². The van der Waals surface area contributed by atoms with Crippen molar-refractivity contribution in [3.63, 3.8) is 0 Å². The zero-order chi connectivity index (χ0) is 30.8. The third-order valence-electron chi connectivity index (χ3n) is 5.03. The van der Waals surface area contributed by atoms with Crippen molar-refractivity contribution < 1.29 is 51.5 Å². The Labute approximate surface area is 234 Å². The molecule has 1 fully saturated rings. The molecule has 0 radical (unpaired) electrons. The number of benzene rings is 1. The first kappa shape index (κ1) is 36.0. The van der Waals surface area contributed by atoms with Gasteiger partial charge in [0.2, 0.25) is 0 Å². The van der Waals surface area contributed by atoms with E-state index >= 15 is 0 Å². The maximum Gasteiger partial charge on any atom is 0.270 e. The Morgan fingerprint density at radius 1 is 0.950 bits per heavy atom. The van der Waals surface area contributed by atoms with Crippen molar-refractivity contribution in [1.82, 2.24) is 10.2 Å². The molecule has 0 atom stereocenters. The number of nitro benzene ring substituents is 1. The first-order valence-electron chi connectivity index (χ1n) is 11.5. The van der Waals surface area contributed by atoms with E-state index in [9.17, 15) is 43.8 Å². The van der Waals surface area contributed by atoms with Gasteiger partial charge in [0.1, 0.15) is 0 Å². The average Bonchev–Trinajstić information content (AvgIpc) is 2.79. The van der Waals surface area contributed by atoms with Crippen molar-refractivity contribution in [3.05, 3.63) is 28.3 Å². The van der Waals surface area contributed by atoms with Crippen LogP contribution in [0.3, 0.4) is 0 Å². The summed E-state index contributed by atoms with van der Waals surface area (Å²) in [5.41, 5.74) is -0.390.